The number of sulfonamides is 1. The van der Waals surface area contributed by atoms with E-state index in [2.05, 4.69) is 10.1 Å². The van der Waals surface area contributed by atoms with Gasteiger partial charge in [-0.15, -0.1) is 0 Å². The summed E-state index contributed by atoms with van der Waals surface area (Å²) in [5.41, 5.74) is 4.06. The van der Waals surface area contributed by atoms with Crippen LogP contribution >= 0.6 is 0 Å². The van der Waals surface area contributed by atoms with Gasteiger partial charge in [-0.2, -0.15) is 0 Å². The number of benzene rings is 2. The van der Waals surface area contributed by atoms with E-state index in [-0.39, 0.29) is 10.8 Å². The van der Waals surface area contributed by atoms with E-state index < -0.39 is 10.0 Å². The molecule has 2 aromatic rings. The zero-order valence-corrected chi connectivity index (χ0v) is 16.9. The van der Waals surface area contributed by atoms with Crippen LogP contribution in [0, 0.1) is 6.92 Å². The maximum absolute atomic E-state index is 12.9. The molecular formula is C20H25N3O4S. The van der Waals surface area contributed by atoms with Crippen LogP contribution in [0.1, 0.15) is 35.2 Å². The summed E-state index contributed by atoms with van der Waals surface area (Å²) in [7, 11) is -2.41. The monoisotopic (exact) mass is 403 g/mol. The fourth-order valence-electron chi connectivity index (χ4n) is 3.17. The van der Waals surface area contributed by atoms with E-state index in [1.165, 1.54) is 13.2 Å². The smallest absolute Gasteiger partial charge is 0.265 e. The van der Waals surface area contributed by atoms with Crippen LogP contribution in [0.2, 0.25) is 0 Å². The Morgan fingerprint density at radius 1 is 1.07 bits per heavy atom. The standard InChI is InChI=1S/C20H25N3O4S/c1-15-10-11-16(20(24)21-23-12-6-3-7-13-23)14-19(15)28(25,26)22-17-8-4-5-9-18(17)27-2/h4-5,8-11,14,22H,3,6-7,12-13H2,1-2H3,(H,21,24). The molecule has 2 N–H and O–H groups in total. The molecular weight excluding hydrogens is 378 g/mol. The van der Waals surface area contributed by atoms with Gasteiger partial charge in [-0.05, 0) is 49.6 Å². The minimum atomic E-state index is -3.89. The lowest BCUT2D eigenvalue weighted by Gasteiger charge is -2.26. The van der Waals surface area contributed by atoms with Crippen LogP contribution in [0.25, 0.3) is 0 Å². The van der Waals surface area contributed by atoms with E-state index in [1.807, 2.05) is 5.01 Å². The zero-order chi connectivity index (χ0) is 20.1. The average Bonchev–Trinajstić information content (AvgIpc) is 2.69. The number of piperidine rings is 1. The Hall–Kier alpha value is -2.58. The van der Waals surface area contributed by atoms with Crippen molar-refractivity contribution in [1.82, 2.24) is 10.4 Å². The molecule has 1 amide bonds. The molecule has 8 heteroatoms. The molecule has 1 fully saturated rings. The molecule has 0 aliphatic carbocycles. The van der Waals surface area contributed by atoms with Crippen LogP contribution in [0.4, 0.5) is 5.69 Å². The number of para-hydroxylation sites is 2. The number of ether oxygens (including phenoxy) is 1. The van der Waals surface area contributed by atoms with Crippen molar-refractivity contribution >= 4 is 21.6 Å². The van der Waals surface area contributed by atoms with Crippen molar-refractivity contribution in [2.45, 2.75) is 31.1 Å². The van der Waals surface area contributed by atoms with Crippen LogP contribution < -0.4 is 14.9 Å². The van der Waals surface area contributed by atoms with Gasteiger partial charge >= 0.3 is 0 Å². The number of carbonyl (C=O) groups is 1. The highest BCUT2D eigenvalue weighted by Crippen LogP contribution is 2.27. The van der Waals surface area contributed by atoms with Gasteiger partial charge in [-0.25, -0.2) is 13.4 Å². The van der Waals surface area contributed by atoms with Gasteiger partial charge in [0.2, 0.25) is 0 Å². The van der Waals surface area contributed by atoms with Crippen molar-refractivity contribution in [3.05, 3.63) is 53.6 Å². The molecule has 0 spiro atoms. The van der Waals surface area contributed by atoms with Crippen LogP contribution in [-0.4, -0.2) is 39.5 Å². The molecule has 0 bridgehead atoms. The molecule has 150 valence electrons. The number of aryl methyl sites for hydroxylation is 1. The number of methoxy groups -OCH3 is 1. The second kappa shape index (κ2) is 8.62. The van der Waals surface area contributed by atoms with Crippen LogP contribution in [0.15, 0.2) is 47.4 Å². The van der Waals surface area contributed by atoms with Crippen molar-refractivity contribution < 1.29 is 17.9 Å². The largest absolute Gasteiger partial charge is 0.495 e. The Balaban J connectivity index is 1.84. The van der Waals surface area contributed by atoms with E-state index in [0.29, 0.717) is 22.6 Å². The maximum Gasteiger partial charge on any atom is 0.265 e. The van der Waals surface area contributed by atoms with E-state index in [9.17, 15) is 13.2 Å². The van der Waals surface area contributed by atoms with Crippen molar-refractivity contribution in [3.8, 4) is 5.75 Å². The second-order valence-electron chi connectivity index (χ2n) is 6.77. The van der Waals surface area contributed by atoms with Gasteiger partial charge in [-0.3, -0.25) is 14.9 Å². The molecule has 0 unspecified atom stereocenters. The first-order valence-corrected chi connectivity index (χ1v) is 10.7. The van der Waals surface area contributed by atoms with Gasteiger partial charge in [0, 0.05) is 18.7 Å². The third kappa shape index (κ3) is 4.63. The summed E-state index contributed by atoms with van der Waals surface area (Å²) >= 11 is 0. The first-order chi connectivity index (χ1) is 13.4. The zero-order valence-electron chi connectivity index (χ0n) is 16.1. The van der Waals surface area contributed by atoms with Gasteiger partial charge < -0.3 is 4.74 Å². The lowest BCUT2D eigenvalue weighted by atomic mass is 10.1. The Labute approximate surface area is 165 Å². The third-order valence-electron chi connectivity index (χ3n) is 4.71. The van der Waals surface area contributed by atoms with Crippen LogP contribution in [0.3, 0.4) is 0 Å². The van der Waals surface area contributed by atoms with Crippen LogP contribution in [-0.2, 0) is 10.0 Å². The molecule has 1 saturated heterocycles. The Bertz CT molecular complexity index is 954. The highest BCUT2D eigenvalue weighted by molar-refractivity contribution is 7.92. The summed E-state index contributed by atoms with van der Waals surface area (Å²) in [4.78, 5) is 12.6. The Kier molecular flexibility index (Phi) is 6.21. The SMILES string of the molecule is COc1ccccc1NS(=O)(=O)c1cc(C(=O)NN2CCCCC2)ccc1C. The number of carbonyl (C=O) groups excluding carboxylic acids is 1. The number of hydrogen-bond acceptors (Lipinski definition) is 5. The normalized spacial score (nSPS) is 15.1. The molecule has 2 aromatic carbocycles. The topological polar surface area (TPSA) is 87.7 Å². The summed E-state index contributed by atoms with van der Waals surface area (Å²) < 4.78 is 33.6. The molecule has 1 heterocycles. The number of nitrogens with zero attached hydrogens (tertiary/aromatic N) is 1. The number of hydrazine groups is 1. The summed E-state index contributed by atoms with van der Waals surface area (Å²) in [6.45, 7) is 3.30. The number of rotatable bonds is 6. The number of anilines is 1. The molecule has 28 heavy (non-hydrogen) atoms. The van der Waals surface area contributed by atoms with E-state index in [1.54, 1.807) is 43.3 Å². The fraction of sp³-hybridized carbons (Fsp3) is 0.350. The molecule has 0 saturated carbocycles. The van der Waals surface area contributed by atoms with Gasteiger partial charge in [0.1, 0.15) is 5.75 Å². The minimum Gasteiger partial charge on any atom is -0.495 e. The number of amides is 1. The highest BCUT2D eigenvalue weighted by atomic mass is 32.2. The quantitative estimate of drug-likeness (QED) is 0.774. The first-order valence-electron chi connectivity index (χ1n) is 9.23. The molecule has 1 aliphatic heterocycles. The summed E-state index contributed by atoms with van der Waals surface area (Å²) in [6.07, 6.45) is 3.24. The molecule has 3 rings (SSSR count). The van der Waals surface area contributed by atoms with E-state index in [0.717, 1.165) is 32.4 Å². The Morgan fingerprint density at radius 2 is 1.79 bits per heavy atom. The third-order valence-corrected chi connectivity index (χ3v) is 6.21. The number of nitrogens with one attached hydrogen (secondary N) is 2. The molecule has 0 radical (unpaired) electrons. The summed E-state index contributed by atoms with van der Waals surface area (Å²) in [6, 6.07) is 11.5. The molecule has 0 aromatic heterocycles. The van der Waals surface area contributed by atoms with Crippen LogP contribution in [0.5, 0.6) is 5.75 Å². The first kappa shape index (κ1) is 20.2. The minimum absolute atomic E-state index is 0.0599. The summed E-state index contributed by atoms with van der Waals surface area (Å²) in [5, 5.41) is 1.88. The molecule has 0 atom stereocenters. The predicted octanol–water partition coefficient (Wildman–Crippen LogP) is 2.94. The van der Waals surface area contributed by atoms with E-state index in [4.69, 9.17) is 4.74 Å². The maximum atomic E-state index is 12.9. The van der Waals surface area contributed by atoms with Gasteiger partial charge in [0.15, 0.2) is 0 Å². The highest BCUT2D eigenvalue weighted by Gasteiger charge is 2.21. The van der Waals surface area contributed by atoms with E-state index >= 15 is 0 Å². The summed E-state index contributed by atoms with van der Waals surface area (Å²) in [5.74, 6) is 0.110. The lowest BCUT2D eigenvalue weighted by molar-refractivity contribution is 0.0750. The molecule has 1 aliphatic rings. The van der Waals surface area contributed by atoms with Crippen molar-refractivity contribution in [3.63, 3.8) is 0 Å². The van der Waals surface area contributed by atoms with Crippen molar-refractivity contribution in [1.29, 1.82) is 0 Å². The lowest BCUT2D eigenvalue weighted by Crippen LogP contribution is -2.45. The van der Waals surface area contributed by atoms with Crippen molar-refractivity contribution in [2.75, 3.05) is 24.9 Å². The number of hydrogen-bond donors (Lipinski definition) is 2. The van der Waals surface area contributed by atoms with Gasteiger partial charge in [0.05, 0.1) is 17.7 Å². The second-order valence-corrected chi connectivity index (χ2v) is 8.43. The fourth-order valence-corrected chi connectivity index (χ4v) is 4.52. The molecule has 7 nitrogen and oxygen atoms in total. The average molecular weight is 404 g/mol. The van der Waals surface area contributed by atoms with Gasteiger partial charge in [-0.1, -0.05) is 24.6 Å². The van der Waals surface area contributed by atoms with Crippen molar-refractivity contribution in [2.24, 2.45) is 0 Å². The van der Waals surface area contributed by atoms with Gasteiger partial charge in [0.25, 0.3) is 15.9 Å². The Morgan fingerprint density at radius 3 is 2.50 bits per heavy atom. The predicted molar refractivity (Wildman–Crippen MR) is 108 cm³/mol.